The van der Waals surface area contributed by atoms with Crippen molar-refractivity contribution in [1.82, 2.24) is 0 Å². The van der Waals surface area contributed by atoms with Gasteiger partial charge >= 0.3 is 0 Å². The van der Waals surface area contributed by atoms with Gasteiger partial charge in [0.25, 0.3) is 0 Å². The Bertz CT molecular complexity index is 731. The standard InChI is InChI=1S/C16H18N4O2.ClH/c1-9(19-20-16(17)18)7-8-11-10(2)14(21)12-5-3-4-6-13(12)15(11)22;/h3-6H,7-8H2,1-2H3,(H4,17,18,20);1H/b19-9+;. The maximum Gasteiger partial charge on any atom is 0.211 e. The molecule has 6 nitrogen and oxygen atoms in total. The first kappa shape index (κ1) is 18.6. The summed E-state index contributed by atoms with van der Waals surface area (Å²) >= 11 is 0. The minimum atomic E-state index is -0.118. The molecule has 0 saturated heterocycles. The zero-order valence-corrected chi connectivity index (χ0v) is 13.8. The van der Waals surface area contributed by atoms with E-state index in [0.717, 1.165) is 0 Å². The number of ketones is 2. The Morgan fingerprint density at radius 2 is 1.61 bits per heavy atom. The van der Waals surface area contributed by atoms with E-state index in [4.69, 9.17) is 11.5 Å². The van der Waals surface area contributed by atoms with Crippen LogP contribution in [0.15, 0.2) is 45.6 Å². The number of hydrogen-bond acceptors (Lipinski definition) is 4. The van der Waals surface area contributed by atoms with Crippen molar-refractivity contribution in [3.8, 4) is 0 Å². The minimum Gasteiger partial charge on any atom is -0.369 e. The van der Waals surface area contributed by atoms with E-state index in [1.807, 2.05) is 0 Å². The monoisotopic (exact) mass is 334 g/mol. The summed E-state index contributed by atoms with van der Waals surface area (Å²) in [6, 6.07) is 6.88. The van der Waals surface area contributed by atoms with Gasteiger partial charge in [0.1, 0.15) is 0 Å². The van der Waals surface area contributed by atoms with Crippen molar-refractivity contribution in [1.29, 1.82) is 0 Å². The Hall–Kier alpha value is -2.47. The van der Waals surface area contributed by atoms with E-state index in [9.17, 15) is 9.59 Å². The average molecular weight is 335 g/mol. The van der Waals surface area contributed by atoms with Gasteiger partial charge in [-0.15, -0.1) is 17.5 Å². The smallest absolute Gasteiger partial charge is 0.211 e. The van der Waals surface area contributed by atoms with Crippen LogP contribution in [0.3, 0.4) is 0 Å². The normalized spacial score (nSPS) is 14.3. The van der Waals surface area contributed by atoms with Gasteiger partial charge in [-0.1, -0.05) is 24.3 Å². The zero-order chi connectivity index (χ0) is 16.3. The predicted molar refractivity (Wildman–Crippen MR) is 93.2 cm³/mol. The van der Waals surface area contributed by atoms with Crippen LogP contribution < -0.4 is 11.5 Å². The molecule has 122 valence electrons. The number of nitrogens with two attached hydrogens (primary N) is 2. The van der Waals surface area contributed by atoms with Crippen LogP contribution >= 0.6 is 12.4 Å². The fourth-order valence-electron chi connectivity index (χ4n) is 2.35. The van der Waals surface area contributed by atoms with Crippen molar-refractivity contribution in [2.24, 2.45) is 21.7 Å². The highest BCUT2D eigenvalue weighted by molar-refractivity contribution is 6.26. The van der Waals surface area contributed by atoms with Crippen LogP contribution in [0.5, 0.6) is 0 Å². The fourth-order valence-corrected chi connectivity index (χ4v) is 2.35. The Morgan fingerprint density at radius 1 is 1.04 bits per heavy atom. The Labute approximate surface area is 140 Å². The molecular formula is C16H19ClN4O2. The molecule has 0 atom stereocenters. The van der Waals surface area contributed by atoms with Crippen LogP contribution in [0.1, 0.15) is 47.4 Å². The predicted octanol–water partition coefficient (Wildman–Crippen LogP) is 2.23. The van der Waals surface area contributed by atoms with Crippen LogP contribution in [0.4, 0.5) is 0 Å². The van der Waals surface area contributed by atoms with E-state index in [2.05, 4.69) is 10.2 Å². The topological polar surface area (TPSA) is 111 Å². The molecule has 0 saturated carbocycles. The van der Waals surface area contributed by atoms with Crippen molar-refractivity contribution in [2.75, 3.05) is 0 Å². The van der Waals surface area contributed by atoms with E-state index >= 15 is 0 Å². The van der Waals surface area contributed by atoms with Gasteiger partial charge in [-0.3, -0.25) is 9.59 Å². The summed E-state index contributed by atoms with van der Waals surface area (Å²) in [6.45, 7) is 3.46. The summed E-state index contributed by atoms with van der Waals surface area (Å²) in [5.41, 5.74) is 13.1. The highest BCUT2D eigenvalue weighted by Gasteiger charge is 2.28. The molecule has 0 aliphatic heterocycles. The first-order valence-corrected chi connectivity index (χ1v) is 6.92. The van der Waals surface area contributed by atoms with Gasteiger partial charge in [-0.2, -0.15) is 5.10 Å². The maximum atomic E-state index is 12.5. The van der Waals surface area contributed by atoms with Gasteiger partial charge in [-0.25, -0.2) is 0 Å². The molecule has 0 radical (unpaired) electrons. The van der Waals surface area contributed by atoms with Crippen molar-refractivity contribution < 1.29 is 9.59 Å². The van der Waals surface area contributed by atoms with Crippen LogP contribution in [0, 0.1) is 0 Å². The second kappa shape index (κ2) is 7.69. The molecule has 0 fully saturated rings. The first-order valence-electron chi connectivity index (χ1n) is 6.92. The molecule has 2 rings (SSSR count). The number of nitrogens with zero attached hydrogens (tertiary/aromatic N) is 2. The van der Waals surface area contributed by atoms with Gasteiger partial charge in [0.05, 0.1) is 0 Å². The van der Waals surface area contributed by atoms with Crippen molar-refractivity contribution in [3.05, 3.63) is 46.5 Å². The van der Waals surface area contributed by atoms with Gasteiger partial charge in [0, 0.05) is 28.0 Å². The van der Waals surface area contributed by atoms with E-state index < -0.39 is 0 Å². The summed E-state index contributed by atoms with van der Waals surface area (Å²) in [4.78, 5) is 24.9. The highest BCUT2D eigenvalue weighted by atomic mass is 35.5. The number of fused-ring (bicyclic) bond motifs is 1. The summed E-state index contributed by atoms with van der Waals surface area (Å²) < 4.78 is 0. The number of Topliss-reactive ketones (excluding diaryl/α,β-unsaturated/α-hetero) is 2. The number of benzene rings is 1. The van der Waals surface area contributed by atoms with Crippen LogP contribution in [0.25, 0.3) is 0 Å². The number of guanidine groups is 1. The quantitative estimate of drug-likeness (QED) is 0.499. The third-order valence-corrected chi connectivity index (χ3v) is 3.56. The molecule has 7 heteroatoms. The number of carbonyl (C=O) groups is 2. The SMILES string of the molecule is CC1=C(CC/C(C)=N/N=C(N)N)C(=O)c2ccccc2C1=O.Cl. The molecule has 4 N–H and O–H groups in total. The molecule has 1 aromatic rings. The molecule has 0 unspecified atom stereocenters. The summed E-state index contributed by atoms with van der Waals surface area (Å²) in [6.07, 6.45) is 0.935. The van der Waals surface area contributed by atoms with E-state index in [-0.39, 0.29) is 29.9 Å². The molecule has 23 heavy (non-hydrogen) atoms. The molecule has 0 spiro atoms. The number of carbonyl (C=O) groups excluding carboxylic acids is 2. The molecule has 1 aliphatic carbocycles. The molecular weight excluding hydrogens is 316 g/mol. The largest absolute Gasteiger partial charge is 0.369 e. The van der Waals surface area contributed by atoms with E-state index in [0.29, 0.717) is 40.8 Å². The number of hydrogen-bond donors (Lipinski definition) is 2. The maximum absolute atomic E-state index is 12.5. The van der Waals surface area contributed by atoms with Crippen molar-refractivity contribution >= 4 is 35.6 Å². The Balaban J connectivity index is 0.00000264. The average Bonchev–Trinajstić information content (AvgIpc) is 2.50. The highest BCUT2D eigenvalue weighted by Crippen LogP contribution is 2.28. The second-order valence-corrected chi connectivity index (χ2v) is 5.17. The Kier molecular flexibility index (Phi) is 6.21. The summed E-state index contributed by atoms with van der Waals surface area (Å²) in [5, 5.41) is 7.43. The summed E-state index contributed by atoms with van der Waals surface area (Å²) in [5.74, 6) is -0.307. The van der Waals surface area contributed by atoms with Crippen molar-refractivity contribution in [3.63, 3.8) is 0 Å². The molecule has 0 aromatic heterocycles. The third-order valence-electron chi connectivity index (χ3n) is 3.56. The first-order chi connectivity index (χ1) is 10.4. The lowest BCUT2D eigenvalue weighted by Crippen LogP contribution is -2.22. The van der Waals surface area contributed by atoms with Crippen LogP contribution in [-0.4, -0.2) is 23.2 Å². The number of halogens is 1. The summed E-state index contributed by atoms with van der Waals surface area (Å²) in [7, 11) is 0. The molecule has 0 heterocycles. The molecule has 0 amide bonds. The van der Waals surface area contributed by atoms with Gasteiger partial charge < -0.3 is 11.5 Å². The van der Waals surface area contributed by atoms with Gasteiger partial charge in [0.2, 0.25) is 5.96 Å². The molecule has 0 bridgehead atoms. The van der Waals surface area contributed by atoms with E-state index in [1.165, 1.54) is 0 Å². The molecule has 1 aliphatic rings. The number of rotatable bonds is 4. The lowest BCUT2D eigenvalue weighted by Gasteiger charge is -2.18. The third kappa shape index (κ3) is 4.04. The Morgan fingerprint density at radius 3 is 2.17 bits per heavy atom. The lowest BCUT2D eigenvalue weighted by atomic mass is 9.83. The van der Waals surface area contributed by atoms with Crippen LogP contribution in [-0.2, 0) is 0 Å². The second-order valence-electron chi connectivity index (χ2n) is 5.17. The molecule has 1 aromatic carbocycles. The minimum absolute atomic E-state index is 0. The van der Waals surface area contributed by atoms with Crippen molar-refractivity contribution in [2.45, 2.75) is 26.7 Å². The van der Waals surface area contributed by atoms with Gasteiger partial charge in [0.15, 0.2) is 11.6 Å². The number of allylic oxidation sites excluding steroid dienone is 2. The van der Waals surface area contributed by atoms with Gasteiger partial charge in [-0.05, 0) is 26.7 Å². The van der Waals surface area contributed by atoms with E-state index in [1.54, 1.807) is 38.1 Å². The van der Waals surface area contributed by atoms with Crippen LogP contribution in [0.2, 0.25) is 0 Å². The fraction of sp³-hybridized carbons (Fsp3) is 0.250. The lowest BCUT2D eigenvalue weighted by molar-refractivity contribution is 0.0972. The zero-order valence-electron chi connectivity index (χ0n) is 13.0.